The molecule has 6 aromatic rings. The van der Waals surface area contributed by atoms with Crippen molar-refractivity contribution in [1.29, 1.82) is 0 Å². The Hall–Kier alpha value is -7.11. The number of fused-ring (bicyclic) bond motifs is 3. The molecule has 53 heteroatoms. The molecule has 0 aromatic carbocycles. The van der Waals surface area contributed by atoms with Crippen molar-refractivity contribution in [3.63, 3.8) is 0 Å². The average Bonchev–Trinajstić information content (AvgIpc) is 1.59. The number of hydrogen-bond donors (Lipinski definition) is 10. The number of aliphatic hydroxyl groups excluding tert-OH is 3. The van der Waals surface area contributed by atoms with Gasteiger partial charge in [-0.1, -0.05) is 47.5 Å². The maximum absolute atomic E-state index is 15.3. The van der Waals surface area contributed by atoms with Crippen molar-refractivity contribution < 1.29 is 244 Å². The Morgan fingerprint density at radius 3 is 1.27 bits per heavy atom. The van der Waals surface area contributed by atoms with Crippen LogP contribution in [0.25, 0.3) is 33.5 Å². The zero-order valence-electron chi connectivity index (χ0n) is 62.0. The van der Waals surface area contributed by atoms with E-state index in [9.17, 15) is 116 Å². The maximum atomic E-state index is 15.3. The van der Waals surface area contributed by atoms with Crippen LogP contribution in [0.1, 0.15) is 109 Å². The molecule has 111 heavy (non-hydrogen) atoms. The van der Waals surface area contributed by atoms with Crippen molar-refractivity contribution in [2.45, 2.75) is 214 Å². The third kappa shape index (κ3) is 26.5. The molecule has 9 rings (SSSR count). The van der Waals surface area contributed by atoms with Gasteiger partial charge in [0.1, 0.15) is 31.8 Å². The molecular weight excluding hydrogens is 1600 g/mol. The van der Waals surface area contributed by atoms with Crippen LogP contribution >= 0.6 is 0 Å². The quantitative estimate of drug-likeness (QED) is 0.00733. The first kappa shape index (κ1) is 100.0. The van der Waals surface area contributed by atoms with Crippen molar-refractivity contribution in [3.05, 3.63) is 62.5 Å². The second-order valence-electron chi connectivity index (χ2n) is 23.6. The Bertz CT molecular complexity index is 4610. The zero-order valence-corrected chi connectivity index (χ0v) is 67.3. The van der Waals surface area contributed by atoms with E-state index in [1.54, 1.807) is 13.8 Å². The Balaban J connectivity index is 0.000000742. The standard InChI is InChI=1S/C19H23F4N5O6.C16H19F4N5O6.C12H19FO5.C9H8F3N5O3.CH2O3.CH4O.2K.H/c1-5-7(2)12-10(20)13(33-9(4)30)16(34-12)28-14-11(27(18(28)32)6-19(21,22)23)15(31)26-17(25-14)24-8(3)29;1-3-6(27)10-7(17)9(28)13(31-10)25-11-8(24(15(25)30)4-16(18,19)20)12(29)23-14(22-11)21-5(2)26;1-5-6(2)10-9(13)11(16-7(3)14)12(18-10)17-8(4)15;1-3(18)13-7-14-5-4(6(19)16-7)17(8(20)15-5)2-9(10,11)12;2-1-4-3;1-2;;;/h7,10,12-13,16H,5-6H2,1-4H3,(H2,24,25,26,29,31);6-7,9-10,13,27-28H,3-4H2,1-2H3,(H2,21,22,23,26,29);6,9-12H,5H2,1-4H3;2H2,1H3,(H3,13,14,15,16,18,19,20);1,3H;2H,1H3;;;/q;;;;;;2*+1;-1/p-1/t7-,10-,12+,13+,16+;6-,7+,9+,10+,13+;6-,9-,10+,11+,12?;;;;;;/m000....../s1. The van der Waals surface area contributed by atoms with Gasteiger partial charge in [0.05, 0.1) is 18.3 Å². The van der Waals surface area contributed by atoms with Crippen LogP contribution in [0, 0.1) is 11.8 Å². The van der Waals surface area contributed by atoms with Gasteiger partial charge in [-0.15, -0.1) is 0 Å². The summed E-state index contributed by atoms with van der Waals surface area (Å²) < 4.78 is 192. The van der Waals surface area contributed by atoms with Gasteiger partial charge >= 0.3 is 156 Å². The van der Waals surface area contributed by atoms with E-state index in [2.05, 4.69) is 45.8 Å². The van der Waals surface area contributed by atoms with Gasteiger partial charge in [0.15, 0.2) is 76.7 Å². The average molecular weight is 1670 g/mol. The Labute approximate surface area is 700 Å². The SMILES string of the molecule is CC(=O)Nc1nc2[nH]c(=O)n(CC(F)(F)F)c2c(=O)[nH]1.CC[C@H](C)[C@H]1OC(OC(C)=O)[C@H](OC(C)=O)[C@H]1F.CC[C@H](C)[C@H]1O[C@@H](n2c(=O)n(CC(F)(F)F)c3c(=O)[nH]c(NC(C)=O)nc32)[C@H](OC(C)=O)[C@H]1F.CC[C@H](O)[C@H]1O[C@@H](n2c(=O)n(CC(F)(F)F)c3c(=O)[nH]c(NC(C)=O)nc32)[C@H](O)[C@H]1F.CO.O=CO[O-].[H-].[K+].[K+]. The molecule has 10 N–H and O–H groups in total. The number of hydrogen-bond acceptors (Lipinski definition) is 27. The first-order chi connectivity index (χ1) is 50.5. The molecule has 612 valence electrons. The van der Waals surface area contributed by atoms with Crippen LogP contribution in [0.3, 0.4) is 0 Å². The number of esters is 3. The van der Waals surface area contributed by atoms with E-state index in [1.807, 2.05) is 23.8 Å². The van der Waals surface area contributed by atoms with Crippen LogP contribution in [0.4, 0.5) is 70.5 Å². The molecule has 0 saturated carbocycles. The molecule has 1 unspecified atom stereocenters. The minimum absolute atomic E-state index is 0. The number of aliphatic hydroxyl groups is 3. The van der Waals surface area contributed by atoms with Gasteiger partial charge in [-0.2, -0.15) is 54.5 Å². The summed E-state index contributed by atoms with van der Waals surface area (Å²) in [7, 11) is 1.00. The fraction of sp³-hybridized carbons (Fsp3) is 0.621. The van der Waals surface area contributed by atoms with E-state index >= 15 is 4.39 Å². The number of alkyl halides is 12. The van der Waals surface area contributed by atoms with Crippen molar-refractivity contribution in [3.8, 4) is 0 Å². The number of rotatable bonds is 18. The third-order valence-electron chi connectivity index (χ3n) is 15.4. The summed E-state index contributed by atoms with van der Waals surface area (Å²) in [6.07, 6.45) is -33.5. The smallest absolute Gasteiger partial charge is 1.00 e. The molecule has 39 nitrogen and oxygen atoms in total. The molecular formula is C58H75F12K2N15O24. The Morgan fingerprint density at radius 2 is 0.901 bits per heavy atom. The number of H-pyrrole nitrogens is 4. The monoisotopic (exact) mass is 1670 g/mol. The first-order valence-corrected chi connectivity index (χ1v) is 31.7. The number of nitrogens with one attached hydrogen (secondary N) is 7. The molecule has 3 amide bonds. The van der Waals surface area contributed by atoms with Gasteiger partial charge in [-0.3, -0.25) is 97.5 Å². The van der Waals surface area contributed by atoms with Crippen LogP contribution in [-0.4, -0.2) is 208 Å². The number of aromatic amines is 4. The fourth-order valence-corrected chi connectivity index (χ4v) is 10.7. The van der Waals surface area contributed by atoms with Crippen LogP contribution < -0.4 is 158 Å². The normalized spacial score (nSPS) is 22.0. The molecule has 0 bridgehead atoms. The number of imidazole rings is 3. The second-order valence-corrected chi connectivity index (χ2v) is 23.6. The molecule has 0 radical (unpaired) electrons. The van der Waals surface area contributed by atoms with E-state index in [1.165, 1.54) is 20.8 Å². The van der Waals surface area contributed by atoms with Crippen molar-refractivity contribution in [2.24, 2.45) is 11.8 Å². The molecule has 15 atom stereocenters. The van der Waals surface area contributed by atoms with Crippen molar-refractivity contribution in [1.82, 2.24) is 57.7 Å². The summed E-state index contributed by atoms with van der Waals surface area (Å²) in [6.45, 7) is 9.79. The van der Waals surface area contributed by atoms with Crippen molar-refractivity contribution >= 4 is 93.4 Å². The van der Waals surface area contributed by atoms with E-state index in [0.717, 1.165) is 34.8 Å². The second kappa shape index (κ2) is 42.8. The maximum Gasteiger partial charge on any atom is 1.00 e. The molecule has 3 fully saturated rings. The van der Waals surface area contributed by atoms with Gasteiger partial charge in [0, 0.05) is 48.7 Å². The molecule has 6 aromatic heterocycles. The summed E-state index contributed by atoms with van der Waals surface area (Å²) >= 11 is 0. The fourth-order valence-electron chi connectivity index (χ4n) is 10.7. The molecule has 3 aliphatic heterocycles. The summed E-state index contributed by atoms with van der Waals surface area (Å²) in [5.41, 5.74) is -11.0. The van der Waals surface area contributed by atoms with Gasteiger partial charge in [0.25, 0.3) is 23.2 Å². The van der Waals surface area contributed by atoms with Gasteiger partial charge in [0.2, 0.25) is 41.9 Å². The molecule has 3 aliphatic rings. The number of halogens is 12. The van der Waals surface area contributed by atoms with E-state index < -0.39 is 233 Å². The molecule has 3 saturated heterocycles. The summed E-state index contributed by atoms with van der Waals surface area (Å²) in [4.78, 5) is 172. The number of ether oxygens (including phenoxy) is 6. The minimum Gasteiger partial charge on any atom is -1.00 e. The Morgan fingerprint density at radius 1 is 0.550 bits per heavy atom. The van der Waals surface area contributed by atoms with Crippen LogP contribution in [0.2, 0.25) is 0 Å². The summed E-state index contributed by atoms with van der Waals surface area (Å²) in [5, 5.41) is 42.0. The first-order valence-electron chi connectivity index (χ1n) is 31.7. The minimum atomic E-state index is -4.91. The van der Waals surface area contributed by atoms with Gasteiger partial charge < -0.3 is 55.3 Å². The number of aromatic nitrogens is 12. The van der Waals surface area contributed by atoms with E-state index in [0.29, 0.717) is 22.0 Å². The number of carbonyl (C=O) groups is 7. The molecule has 0 aliphatic carbocycles. The van der Waals surface area contributed by atoms with Crippen LogP contribution in [0.15, 0.2) is 28.8 Å². The van der Waals surface area contributed by atoms with Crippen molar-refractivity contribution in [2.75, 3.05) is 23.1 Å². The number of amides is 3. The predicted molar refractivity (Wildman–Crippen MR) is 343 cm³/mol. The zero-order chi connectivity index (χ0) is 83.1. The molecule has 0 spiro atoms. The molecule has 9 heterocycles. The summed E-state index contributed by atoms with van der Waals surface area (Å²) in [6, 6.07) is 0. The van der Waals surface area contributed by atoms with Gasteiger partial charge in [-0.05, 0) is 18.3 Å². The largest absolute Gasteiger partial charge is 1.00 e. The number of carbonyl (C=O) groups excluding carboxylic acids is 7. The Kier molecular flexibility index (Phi) is 38.6. The van der Waals surface area contributed by atoms with Crippen LogP contribution in [0.5, 0.6) is 0 Å². The number of anilines is 3. The van der Waals surface area contributed by atoms with Gasteiger partial charge in [-0.25, -0.2) is 36.7 Å². The van der Waals surface area contributed by atoms with E-state index in [4.69, 9.17) is 43.6 Å². The number of nitrogens with zero attached hydrogens (tertiary/aromatic N) is 8. The third-order valence-corrected chi connectivity index (χ3v) is 15.4. The predicted octanol–water partition coefficient (Wildman–Crippen LogP) is -4.92. The summed E-state index contributed by atoms with van der Waals surface area (Å²) in [5.74, 6) is -5.72. The van der Waals surface area contributed by atoms with Crippen LogP contribution in [-0.2, 0) is 86.5 Å². The van der Waals surface area contributed by atoms with E-state index in [-0.39, 0.29) is 148 Å². The topological polar surface area (TPSA) is 533 Å².